The Balaban J connectivity index is 0.000000301. The quantitative estimate of drug-likeness (QED) is 0.537. The van der Waals surface area contributed by atoms with Gasteiger partial charge in [0.2, 0.25) is 0 Å². The molecule has 10 nitrogen and oxygen atoms in total. The molecule has 16 heteroatoms. The second-order valence-electron chi connectivity index (χ2n) is 8.58. The van der Waals surface area contributed by atoms with Gasteiger partial charge in [0.1, 0.15) is 0 Å². The predicted molar refractivity (Wildman–Crippen MR) is 115 cm³/mol. The van der Waals surface area contributed by atoms with E-state index in [-0.39, 0.29) is 17.9 Å². The van der Waals surface area contributed by atoms with Gasteiger partial charge in [-0.2, -0.15) is 26.3 Å². The van der Waals surface area contributed by atoms with Crippen LogP contribution >= 0.6 is 0 Å². The number of rotatable bonds is 3. The molecule has 0 bridgehead atoms. The van der Waals surface area contributed by atoms with Gasteiger partial charge in [-0.15, -0.1) is 0 Å². The average Bonchev–Trinajstić information content (AvgIpc) is 3.44. The van der Waals surface area contributed by atoms with E-state index >= 15 is 0 Å². The molecule has 4 rings (SSSR count). The highest BCUT2D eigenvalue weighted by Crippen LogP contribution is 2.36. The molecule has 38 heavy (non-hydrogen) atoms. The summed E-state index contributed by atoms with van der Waals surface area (Å²) in [5.74, 6) is -5.55. The summed E-state index contributed by atoms with van der Waals surface area (Å²) in [4.78, 5) is 43.1. The first kappa shape index (κ1) is 31.2. The van der Waals surface area contributed by atoms with Crippen molar-refractivity contribution in [2.75, 3.05) is 26.3 Å². The van der Waals surface area contributed by atoms with E-state index in [0.717, 1.165) is 44.7 Å². The fourth-order valence-electron chi connectivity index (χ4n) is 4.10. The van der Waals surface area contributed by atoms with E-state index in [2.05, 4.69) is 22.9 Å². The molecule has 3 aliphatic rings. The topological polar surface area (TPSA) is 130 Å². The van der Waals surface area contributed by atoms with Crippen LogP contribution in [0, 0.1) is 12.8 Å². The first-order valence-corrected chi connectivity index (χ1v) is 11.4. The zero-order valence-electron chi connectivity index (χ0n) is 20.2. The Morgan fingerprint density at radius 2 is 1.66 bits per heavy atom. The number of hydrogen-bond acceptors (Lipinski definition) is 7. The number of amides is 1. The molecule has 3 fully saturated rings. The van der Waals surface area contributed by atoms with Crippen molar-refractivity contribution in [1.82, 2.24) is 14.9 Å². The number of carbonyl (C=O) groups is 3. The first-order valence-electron chi connectivity index (χ1n) is 11.4. The van der Waals surface area contributed by atoms with E-state index in [1.165, 1.54) is 5.56 Å². The number of halogens is 6. The molecule has 214 valence electrons. The molecule has 0 unspecified atom stereocenters. The number of hydrogen-bond donors (Lipinski definition) is 2. The van der Waals surface area contributed by atoms with Crippen LogP contribution < -0.4 is 0 Å². The third-order valence-corrected chi connectivity index (χ3v) is 5.92. The summed E-state index contributed by atoms with van der Waals surface area (Å²) in [5, 5.41) is 15.8. The van der Waals surface area contributed by atoms with Crippen LogP contribution in [0.5, 0.6) is 0 Å². The van der Waals surface area contributed by atoms with Gasteiger partial charge >= 0.3 is 24.3 Å². The highest BCUT2D eigenvalue weighted by atomic mass is 19.4. The van der Waals surface area contributed by atoms with Crippen LogP contribution in [0.2, 0.25) is 0 Å². The minimum absolute atomic E-state index is 0.00737. The van der Waals surface area contributed by atoms with Gasteiger partial charge < -0.3 is 14.9 Å². The monoisotopic (exact) mass is 559 g/mol. The van der Waals surface area contributed by atoms with E-state index in [1.54, 1.807) is 5.06 Å². The molecule has 0 spiro atoms. The molecule has 1 aromatic heterocycles. The Morgan fingerprint density at radius 3 is 2.16 bits per heavy atom. The average molecular weight is 559 g/mol. The second-order valence-corrected chi connectivity index (χ2v) is 8.58. The second kappa shape index (κ2) is 13.2. The number of carboxylic acids is 2. The molecule has 3 saturated heterocycles. The van der Waals surface area contributed by atoms with Crippen molar-refractivity contribution in [2.45, 2.75) is 57.2 Å². The minimum atomic E-state index is -5.08. The van der Waals surface area contributed by atoms with Crippen LogP contribution in [-0.2, 0) is 30.5 Å². The Hall–Kier alpha value is -2.98. The predicted octanol–water partition coefficient (Wildman–Crippen LogP) is 2.80. The summed E-state index contributed by atoms with van der Waals surface area (Å²) in [5.41, 5.74) is 2.28. The Labute approximate surface area is 213 Å². The largest absolute Gasteiger partial charge is 0.490 e. The van der Waals surface area contributed by atoms with Crippen LogP contribution in [0.15, 0.2) is 18.3 Å². The fraction of sp³-hybridized carbons (Fsp3) is 0.636. The van der Waals surface area contributed by atoms with Crippen molar-refractivity contribution in [1.29, 1.82) is 0 Å². The third-order valence-electron chi connectivity index (χ3n) is 5.92. The lowest BCUT2D eigenvalue weighted by molar-refractivity contribution is -0.203. The number of fused-ring (bicyclic) bond motifs is 1. The molecular formula is C22H27F6N3O7. The number of carbonyl (C=O) groups excluding carboxylic acids is 1. The molecule has 1 aromatic rings. The highest BCUT2D eigenvalue weighted by Gasteiger charge is 2.50. The molecular weight excluding hydrogens is 532 g/mol. The number of aromatic nitrogens is 1. The van der Waals surface area contributed by atoms with Gasteiger partial charge in [0.25, 0.3) is 5.91 Å². The molecule has 3 atom stereocenters. The minimum Gasteiger partial charge on any atom is -0.475 e. The molecule has 0 aromatic carbocycles. The van der Waals surface area contributed by atoms with Crippen LogP contribution in [0.3, 0.4) is 0 Å². The number of aliphatic carboxylic acids is 2. The van der Waals surface area contributed by atoms with Crippen molar-refractivity contribution in [3.63, 3.8) is 0 Å². The van der Waals surface area contributed by atoms with E-state index in [4.69, 9.17) is 29.4 Å². The van der Waals surface area contributed by atoms with Crippen LogP contribution in [0.25, 0.3) is 0 Å². The zero-order valence-corrected chi connectivity index (χ0v) is 20.2. The van der Waals surface area contributed by atoms with Crippen LogP contribution in [0.1, 0.15) is 30.5 Å². The lowest BCUT2D eigenvalue weighted by Crippen LogP contribution is -2.43. The SMILES string of the molecule is Cc1cccnc1CN1C[C@H](C(=O)N2CCCCO2)[C@H]2OCC[C@H]21.O=C(O)C(F)(F)F.O=C(O)C(F)(F)F. The molecule has 3 aliphatic heterocycles. The van der Waals surface area contributed by atoms with E-state index < -0.39 is 24.3 Å². The fourth-order valence-corrected chi connectivity index (χ4v) is 4.10. The van der Waals surface area contributed by atoms with Gasteiger partial charge in [-0.3, -0.25) is 19.5 Å². The number of hydroxylamine groups is 2. The lowest BCUT2D eigenvalue weighted by atomic mass is 10.0. The normalized spacial score (nSPS) is 23.4. The molecule has 1 amide bonds. The van der Waals surface area contributed by atoms with Crippen LogP contribution in [0.4, 0.5) is 26.3 Å². The third kappa shape index (κ3) is 8.80. The standard InChI is InChI=1S/C18H25N3O3.2C2HF3O2/c1-13-5-4-7-19-15(13)12-20-11-14(17-16(20)6-10-23-17)18(22)21-8-2-3-9-24-21;2*3-2(4,5)1(6)7/h4-5,7,14,16-17H,2-3,6,8-12H2,1H3;2*(H,6,7)/t14-,16+,17+;;/m0../s1. The summed E-state index contributed by atoms with van der Waals surface area (Å²) in [6, 6.07) is 4.36. The highest BCUT2D eigenvalue weighted by molar-refractivity contribution is 5.79. The molecule has 4 heterocycles. The van der Waals surface area contributed by atoms with Gasteiger partial charge in [0.05, 0.1) is 24.3 Å². The maximum absolute atomic E-state index is 12.9. The van der Waals surface area contributed by atoms with Gasteiger partial charge in [-0.25, -0.2) is 14.7 Å². The zero-order chi connectivity index (χ0) is 28.7. The van der Waals surface area contributed by atoms with Gasteiger partial charge in [-0.05, 0) is 37.8 Å². The first-order chi connectivity index (χ1) is 17.6. The summed E-state index contributed by atoms with van der Waals surface area (Å²) in [6.45, 7) is 5.67. The number of likely N-dealkylation sites (tertiary alicyclic amines) is 1. The smallest absolute Gasteiger partial charge is 0.475 e. The molecule has 2 N–H and O–H groups in total. The molecule has 0 aliphatic carbocycles. The number of aryl methyl sites for hydroxylation is 1. The van der Waals surface area contributed by atoms with Crippen molar-refractivity contribution in [3.05, 3.63) is 29.6 Å². The van der Waals surface area contributed by atoms with Crippen molar-refractivity contribution >= 4 is 17.8 Å². The van der Waals surface area contributed by atoms with Crippen molar-refractivity contribution in [2.24, 2.45) is 5.92 Å². The molecule has 0 radical (unpaired) electrons. The van der Waals surface area contributed by atoms with E-state index in [9.17, 15) is 31.1 Å². The summed E-state index contributed by atoms with van der Waals surface area (Å²) in [6.07, 6.45) is -5.30. The van der Waals surface area contributed by atoms with Gasteiger partial charge in [0.15, 0.2) is 0 Å². The summed E-state index contributed by atoms with van der Waals surface area (Å²) < 4.78 is 69.4. The maximum atomic E-state index is 12.9. The van der Waals surface area contributed by atoms with Crippen molar-refractivity contribution in [3.8, 4) is 0 Å². The summed E-state index contributed by atoms with van der Waals surface area (Å²) in [7, 11) is 0. The van der Waals surface area contributed by atoms with E-state index in [1.807, 2.05) is 12.3 Å². The van der Waals surface area contributed by atoms with Crippen molar-refractivity contribution < 1.29 is 60.5 Å². The van der Waals surface area contributed by atoms with Gasteiger partial charge in [-0.1, -0.05) is 6.07 Å². The number of nitrogens with zero attached hydrogens (tertiary/aromatic N) is 3. The maximum Gasteiger partial charge on any atom is 0.490 e. The van der Waals surface area contributed by atoms with E-state index in [0.29, 0.717) is 19.2 Å². The Morgan fingerprint density at radius 1 is 1.05 bits per heavy atom. The van der Waals surface area contributed by atoms with Gasteiger partial charge in [0, 0.05) is 38.5 Å². The Kier molecular flexibility index (Phi) is 10.8. The molecule has 0 saturated carbocycles. The lowest BCUT2D eigenvalue weighted by Gasteiger charge is -2.29. The van der Waals surface area contributed by atoms with Crippen LogP contribution in [-0.4, -0.2) is 93.8 Å². The summed E-state index contributed by atoms with van der Waals surface area (Å²) >= 11 is 0. The number of alkyl halides is 6. The number of carboxylic acid groups (broad SMARTS) is 2. The number of pyridine rings is 1. The Bertz CT molecular complexity index is 945. The number of ether oxygens (including phenoxy) is 1.